The number of esters is 4. The highest BCUT2D eigenvalue weighted by molar-refractivity contribution is 5.81. The Balaban J connectivity index is 0. The van der Waals surface area contributed by atoms with E-state index in [2.05, 4.69) is 6.92 Å². The maximum absolute atomic E-state index is 13.8. The maximum Gasteiger partial charge on any atom is 0.312 e. The Labute approximate surface area is 301 Å². The van der Waals surface area contributed by atoms with E-state index in [0.717, 1.165) is 43.9 Å². The first-order valence-corrected chi connectivity index (χ1v) is 17.0. The van der Waals surface area contributed by atoms with Gasteiger partial charge in [0.15, 0.2) is 0 Å². The van der Waals surface area contributed by atoms with Crippen molar-refractivity contribution < 1.29 is 38.1 Å². The molecule has 2 aliphatic heterocycles. The Morgan fingerprint density at radius 1 is 0.816 bits per heavy atom. The summed E-state index contributed by atoms with van der Waals surface area (Å²) in [5, 5.41) is 0. The third kappa shape index (κ3) is 10.2. The van der Waals surface area contributed by atoms with Gasteiger partial charge in [0, 0.05) is 12.3 Å². The Morgan fingerprint density at radius 2 is 1.37 bits per heavy atom. The number of cyclic esters (lactones) is 2. The van der Waals surface area contributed by atoms with Gasteiger partial charge < -0.3 is 18.9 Å². The van der Waals surface area contributed by atoms with Crippen LogP contribution in [0.15, 0.2) is 0 Å². The van der Waals surface area contributed by atoms with E-state index in [9.17, 15) is 19.2 Å². The van der Waals surface area contributed by atoms with Gasteiger partial charge in [0.25, 0.3) is 0 Å². The zero-order valence-electron chi connectivity index (χ0n) is 27.3. The zero-order chi connectivity index (χ0) is 31.2. The molecule has 0 amide bonds. The highest BCUT2D eigenvalue weighted by atomic mass is 16.6. The van der Waals surface area contributed by atoms with Crippen LogP contribution in [0.25, 0.3) is 0 Å². The van der Waals surface area contributed by atoms with Crippen molar-refractivity contribution in [1.29, 1.82) is 0 Å². The molecule has 0 aromatic heterocycles. The van der Waals surface area contributed by atoms with Gasteiger partial charge in [-0.05, 0) is 116 Å². The van der Waals surface area contributed by atoms with E-state index in [1.807, 2.05) is 27.7 Å². The molecule has 0 radical (unpaired) electrons. The summed E-state index contributed by atoms with van der Waals surface area (Å²) < 4.78 is 22.0. The van der Waals surface area contributed by atoms with Crippen molar-refractivity contribution in [3.05, 3.63) is 0 Å². The molecule has 7 aliphatic rings. The molecule has 8 nitrogen and oxygen atoms in total. The number of fused-ring (bicyclic) bond motifs is 1. The number of carbonyl (C=O) groups excluding carboxylic acids is 4. The van der Waals surface area contributed by atoms with Crippen LogP contribution < -0.4 is 0 Å². The minimum atomic E-state index is -0.771. The molecule has 0 spiro atoms. The minimum absolute atomic E-state index is 0. The van der Waals surface area contributed by atoms with Gasteiger partial charge in [0.1, 0.15) is 11.2 Å². The highest BCUT2D eigenvalue weighted by Crippen LogP contribution is 2.60. The fraction of sp³-hybridized carbons (Fsp3) is 0.902. The van der Waals surface area contributed by atoms with Gasteiger partial charge in [0.2, 0.25) is 0 Å². The van der Waals surface area contributed by atoms with Crippen molar-refractivity contribution in [2.24, 2.45) is 52.8 Å². The Bertz CT molecular complexity index is 1050. The van der Waals surface area contributed by atoms with Crippen LogP contribution in [0.5, 0.6) is 0 Å². The second-order valence-electron chi connectivity index (χ2n) is 15.8. The molecule has 5 aliphatic carbocycles. The topological polar surface area (TPSA) is 105 Å². The van der Waals surface area contributed by atoms with Gasteiger partial charge in [-0.15, -0.1) is 0 Å². The van der Waals surface area contributed by atoms with E-state index in [1.165, 1.54) is 32.8 Å². The fourth-order valence-corrected chi connectivity index (χ4v) is 9.92. The first-order valence-electron chi connectivity index (χ1n) is 17.0. The molecule has 49 heavy (non-hydrogen) atoms. The van der Waals surface area contributed by atoms with E-state index in [4.69, 9.17) is 18.9 Å². The Kier molecular flexibility index (Phi) is 18.9. The molecule has 2 saturated heterocycles. The quantitative estimate of drug-likeness (QED) is 0.182. The predicted octanol–water partition coefficient (Wildman–Crippen LogP) is 10.2. The van der Waals surface area contributed by atoms with Crippen LogP contribution in [0.4, 0.5) is 0 Å². The van der Waals surface area contributed by atoms with Crippen LogP contribution in [0.2, 0.25) is 0 Å². The number of methoxy groups -OCH3 is 1. The molecule has 5 saturated carbocycles. The van der Waals surface area contributed by atoms with Gasteiger partial charge in [-0.3, -0.25) is 19.2 Å². The van der Waals surface area contributed by atoms with E-state index in [-0.39, 0.29) is 74.4 Å². The minimum Gasteiger partial charge on any atom is -0.469 e. The molecule has 7 rings (SSSR count). The second-order valence-corrected chi connectivity index (χ2v) is 15.8. The van der Waals surface area contributed by atoms with Crippen molar-refractivity contribution in [2.75, 3.05) is 13.7 Å². The number of ether oxygens (including phenoxy) is 4. The van der Waals surface area contributed by atoms with Crippen molar-refractivity contribution in [2.45, 2.75) is 174 Å². The lowest BCUT2D eigenvalue weighted by molar-refractivity contribution is -0.208. The lowest BCUT2D eigenvalue weighted by Crippen LogP contribution is -2.58. The summed E-state index contributed by atoms with van der Waals surface area (Å²) >= 11 is 0. The molecular weight excluding hydrogens is 620 g/mol. The summed E-state index contributed by atoms with van der Waals surface area (Å²) in [5.74, 6) is 1.54. The third-order valence-corrected chi connectivity index (χ3v) is 12.0. The summed E-state index contributed by atoms with van der Waals surface area (Å²) in [7, 11) is 1.38. The van der Waals surface area contributed by atoms with Crippen LogP contribution in [0.1, 0.15) is 163 Å². The highest BCUT2D eigenvalue weighted by Gasteiger charge is 2.58. The summed E-state index contributed by atoms with van der Waals surface area (Å²) in [6.45, 7) is 10.5. The van der Waals surface area contributed by atoms with E-state index in [1.54, 1.807) is 0 Å². The van der Waals surface area contributed by atoms with Crippen LogP contribution in [0.3, 0.4) is 0 Å². The smallest absolute Gasteiger partial charge is 0.312 e. The number of hydrogen-bond donors (Lipinski definition) is 0. The molecule has 7 fully saturated rings. The lowest BCUT2D eigenvalue weighted by atomic mass is 9.50. The average Bonchev–Trinajstić information content (AvgIpc) is 3.43. The standard InChI is InChI=1S/C27H42O6.C8H12O2.6CH4/c1-7-18(22(28)31-6)13-19(14-26(4)15-25(2,3)33-24(26)30)23(29)32-27(5)20-9-16-8-17(11-20)12-21(27)10-16;9-8-7-4-2-1-3-6(7)5-10-8;;;;;;/h16-21H,7-15H2,1-6H3;6-7H,1-5H2;6*1H4. The lowest BCUT2D eigenvalue weighted by Gasteiger charge is -2.59. The molecule has 5 unspecified atom stereocenters. The van der Waals surface area contributed by atoms with Crippen LogP contribution >= 0.6 is 0 Å². The molecular formula is C41H78O8. The van der Waals surface area contributed by atoms with Gasteiger partial charge >= 0.3 is 23.9 Å². The predicted molar refractivity (Wildman–Crippen MR) is 200 cm³/mol. The summed E-state index contributed by atoms with van der Waals surface area (Å²) in [4.78, 5) is 49.9. The molecule has 4 bridgehead atoms. The van der Waals surface area contributed by atoms with Crippen LogP contribution in [-0.4, -0.2) is 48.8 Å². The molecule has 5 atom stereocenters. The first kappa shape index (κ1) is 49.0. The van der Waals surface area contributed by atoms with E-state index < -0.39 is 28.5 Å². The molecule has 290 valence electrons. The molecule has 0 N–H and O–H groups in total. The van der Waals surface area contributed by atoms with Crippen molar-refractivity contribution >= 4 is 23.9 Å². The average molecular weight is 699 g/mol. The Morgan fingerprint density at radius 3 is 1.84 bits per heavy atom. The Hall–Kier alpha value is -2.12. The van der Waals surface area contributed by atoms with Gasteiger partial charge in [-0.2, -0.15) is 0 Å². The van der Waals surface area contributed by atoms with E-state index >= 15 is 0 Å². The molecule has 0 aromatic carbocycles. The fourth-order valence-electron chi connectivity index (χ4n) is 9.92. The molecule has 8 heteroatoms. The van der Waals surface area contributed by atoms with E-state index in [0.29, 0.717) is 50.0 Å². The number of rotatable bonds is 8. The summed E-state index contributed by atoms with van der Waals surface area (Å²) in [6, 6.07) is 0. The molecule has 2 heterocycles. The van der Waals surface area contributed by atoms with Crippen LogP contribution in [0, 0.1) is 52.8 Å². The third-order valence-electron chi connectivity index (χ3n) is 12.0. The van der Waals surface area contributed by atoms with Gasteiger partial charge in [-0.25, -0.2) is 0 Å². The monoisotopic (exact) mass is 699 g/mol. The van der Waals surface area contributed by atoms with Gasteiger partial charge in [-0.1, -0.05) is 64.3 Å². The zero-order valence-corrected chi connectivity index (χ0v) is 27.3. The summed E-state index contributed by atoms with van der Waals surface area (Å²) in [6.07, 6.45) is 12.5. The molecule has 0 aromatic rings. The largest absolute Gasteiger partial charge is 0.469 e. The van der Waals surface area contributed by atoms with Crippen molar-refractivity contribution in [1.82, 2.24) is 0 Å². The van der Waals surface area contributed by atoms with Crippen LogP contribution in [-0.2, 0) is 38.1 Å². The van der Waals surface area contributed by atoms with Gasteiger partial charge in [0.05, 0.1) is 36.9 Å². The first-order chi connectivity index (χ1) is 20.3. The van der Waals surface area contributed by atoms with Crippen molar-refractivity contribution in [3.63, 3.8) is 0 Å². The SMILES string of the molecule is C.C.C.C.C.C.CCC(CC(CC1(C)CC(C)(C)OC1=O)C(=O)OC1(C)C2CC3CC(C2)CC1C3)C(=O)OC.O=C1OCC2CCCCC12. The number of carbonyl (C=O) groups is 4. The second kappa shape index (κ2) is 18.9. The normalized spacial score (nSPS) is 35.1. The number of hydrogen-bond acceptors (Lipinski definition) is 8. The van der Waals surface area contributed by atoms with Crippen molar-refractivity contribution in [3.8, 4) is 0 Å². The maximum atomic E-state index is 13.8. The summed E-state index contributed by atoms with van der Waals surface area (Å²) in [5.41, 5.74) is -1.77.